The molecule has 32 heavy (non-hydrogen) atoms. The van der Waals surface area contributed by atoms with Crippen molar-refractivity contribution in [3.63, 3.8) is 0 Å². The van der Waals surface area contributed by atoms with E-state index in [4.69, 9.17) is 14.2 Å². The van der Waals surface area contributed by atoms with E-state index in [0.29, 0.717) is 28.7 Å². The first-order valence-electron chi connectivity index (χ1n) is 10.5. The van der Waals surface area contributed by atoms with Crippen LogP contribution in [-0.4, -0.2) is 38.1 Å². The molecule has 1 saturated carbocycles. The van der Waals surface area contributed by atoms with Gasteiger partial charge in [0.2, 0.25) is 0 Å². The van der Waals surface area contributed by atoms with E-state index in [1.165, 1.54) is 32.1 Å². The molecule has 5 rings (SSSR count). The molecule has 9 heteroatoms. The van der Waals surface area contributed by atoms with Gasteiger partial charge < -0.3 is 24.4 Å². The molecule has 0 spiro atoms. The molecule has 0 bridgehead atoms. The van der Waals surface area contributed by atoms with E-state index < -0.39 is 6.10 Å². The average Bonchev–Trinajstić information content (AvgIpc) is 3.47. The van der Waals surface area contributed by atoms with E-state index in [0.717, 1.165) is 6.54 Å². The number of ketones is 1. The highest BCUT2D eigenvalue weighted by Crippen LogP contribution is 2.43. The molecular formula is C23H23N3O6. The number of benzene rings is 2. The van der Waals surface area contributed by atoms with Gasteiger partial charge in [0, 0.05) is 18.7 Å². The number of Topliss-reactive ketones (excluding diaryl/α,β-unsaturated/α-hetero) is 1. The Balaban J connectivity index is 1.33. The summed E-state index contributed by atoms with van der Waals surface area (Å²) in [7, 11) is 1.46. The van der Waals surface area contributed by atoms with Crippen molar-refractivity contribution < 1.29 is 29.2 Å². The fourth-order valence-electron chi connectivity index (χ4n) is 3.81. The Kier molecular flexibility index (Phi) is 5.08. The maximum atomic E-state index is 12.7. The van der Waals surface area contributed by atoms with Crippen LogP contribution >= 0.6 is 0 Å². The lowest BCUT2D eigenvalue weighted by Gasteiger charge is -2.26. The van der Waals surface area contributed by atoms with Gasteiger partial charge in [-0.15, -0.1) is 5.10 Å². The van der Waals surface area contributed by atoms with Gasteiger partial charge in [-0.2, -0.15) is 0 Å². The molecular weight excluding hydrogens is 414 g/mol. The van der Waals surface area contributed by atoms with Crippen LogP contribution in [0.1, 0.15) is 47.0 Å². The van der Waals surface area contributed by atoms with Crippen molar-refractivity contribution in [1.82, 2.24) is 15.0 Å². The Morgan fingerprint density at radius 1 is 1.19 bits per heavy atom. The largest absolute Gasteiger partial charge is 0.507 e. The number of carbonyl (C=O) groups is 1. The van der Waals surface area contributed by atoms with Gasteiger partial charge in [0.1, 0.15) is 41.2 Å². The Labute approximate surface area is 184 Å². The van der Waals surface area contributed by atoms with Crippen molar-refractivity contribution in [2.75, 3.05) is 7.11 Å². The van der Waals surface area contributed by atoms with Gasteiger partial charge in [-0.25, -0.2) is 0 Å². The highest BCUT2D eigenvalue weighted by atomic mass is 16.5. The number of phenolic OH excluding ortho intramolecular Hbond substituents is 2. The predicted molar refractivity (Wildman–Crippen MR) is 112 cm³/mol. The molecule has 2 aromatic carbocycles. The number of phenols is 2. The predicted octanol–water partition coefficient (Wildman–Crippen LogP) is 3.39. The van der Waals surface area contributed by atoms with Gasteiger partial charge in [-0.3, -0.25) is 9.48 Å². The molecule has 0 radical (unpaired) electrons. The van der Waals surface area contributed by atoms with Crippen molar-refractivity contribution in [2.45, 2.75) is 38.5 Å². The summed E-state index contributed by atoms with van der Waals surface area (Å²) in [6.07, 6.45) is 3.74. The standard InChI is InChI=1S/C23H23N3O6/c1-30-20-5-4-14(6-17(20)27)21-9-19(29)23-18(28)7-16(8-22(23)32-21)31-12-15-11-26(25-24-15)10-13-2-3-13/h4-8,11,13,21,27-28H,2-3,9-10,12H2,1H3/t21-/m0/s1. The normalized spacial score (nSPS) is 17.5. The van der Waals surface area contributed by atoms with E-state index >= 15 is 0 Å². The molecule has 1 atom stereocenters. The SMILES string of the molecule is COc1ccc([C@@H]2CC(=O)c3c(O)cc(OCc4cn(CC5CC5)nn4)cc3O2)cc1O. The van der Waals surface area contributed by atoms with Crippen LogP contribution in [0, 0.1) is 5.92 Å². The summed E-state index contributed by atoms with van der Waals surface area (Å²) in [4.78, 5) is 12.7. The van der Waals surface area contributed by atoms with Crippen LogP contribution in [-0.2, 0) is 13.2 Å². The van der Waals surface area contributed by atoms with Crippen molar-refractivity contribution in [3.05, 3.63) is 53.3 Å². The molecule has 2 N–H and O–H groups in total. The molecule has 1 aromatic heterocycles. The minimum atomic E-state index is -0.608. The number of nitrogens with zero attached hydrogens (tertiary/aromatic N) is 3. The van der Waals surface area contributed by atoms with Crippen LogP contribution in [0.2, 0.25) is 0 Å². The van der Waals surface area contributed by atoms with Gasteiger partial charge >= 0.3 is 0 Å². The van der Waals surface area contributed by atoms with Crippen molar-refractivity contribution in [2.24, 2.45) is 5.92 Å². The highest BCUT2D eigenvalue weighted by Gasteiger charge is 2.31. The molecule has 0 saturated heterocycles. The van der Waals surface area contributed by atoms with Crippen LogP contribution in [0.4, 0.5) is 0 Å². The molecule has 0 amide bonds. The second-order valence-electron chi connectivity index (χ2n) is 8.14. The summed E-state index contributed by atoms with van der Waals surface area (Å²) in [5.74, 6) is 1.12. The third-order valence-electron chi connectivity index (χ3n) is 5.66. The fourth-order valence-corrected chi connectivity index (χ4v) is 3.81. The van der Waals surface area contributed by atoms with Crippen LogP contribution in [0.5, 0.6) is 28.7 Å². The molecule has 1 aliphatic heterocycles. The Bertz CT molecular complexity index is 1170. The first-order chi connectivity index (χ1) is 15.5. The van der Waals surface area contributed by atoms with Gasteiger partial charge in [0.25, 0.3) is 0 Å². The fraction of sp³-hybridized carbons (Fsp3) is 0.348. The number of hydrogen-bond donors (Lipinski definition) is 2. The van der Waals surface area contributed by atoms with E-state index in [9.17, 15) is 15.0 Å². The third-order valence-corrected chi connectivity index (χ3v) is 5.66. The quantitative estimate of drug-likeness (QED) is 0.578. The third kappa shape index (κ3) is 4.05. The van der Waals surface area contributed by atoms with Crippen molar-refractivity contribution >= 4 is 5.78 Å². The zero-order chi connectivity index (χ0) is 22.2. The van der Waals surface area contributed by atoms with E-state index in [2.05, 4.69) is 10.3 Å². The summed E-state index contributed by atoms with van der Waals surface area (Å²) >= 11 is 0. The summed E-state index contributed by atoms with van der Waals surface area (Å²) in [5, 5.41) is 28.7. The lowest BCUT2D eigenvalue weighted by molar-refractivity contribution is 0.0844. The number of rotatable bonds is 7. The average molecular weight is 437 g/mol. The van der Waals surface area contributed by atoms with Gasteiger partial charge in [-0.1, -0.05) is 11.3 Å². The maximum absolute atomic E-state index is 12.7. The number of aromatic nitrogens is 3. The highest BCUT2D eigenvalue weighted by molar-refractivity contribution is 6.02. The van der Waals surface area contributed by atoms with Crippen molar-refractivity contribution in [3.8, 4) is 28.7 Å². The minimum Gasteiger partial charge on any atom is -0.507 e. The zero-order valence-corrected chi connectivity index (χ0v) is 17.5. The summed E-state index contributed by atoms with van der Waals surface area (Å²) in [6.45, 7) is 1.04. The smallest absolute Gasteiger partial charge is 0.174 e. The number of carbonyl (C=O) groups excluding carboxylic acids is 1. The van der Waals surface area contributed by atoms with Crippen LogP contribution < -0.4 is 14.2 Å². The van der Waals surface area contributed by atoms with Gasteiger partial charge in [0.15, 0.2) is 17.3 Å². The molecule has 2 heterocycles. The minimum absolute atomic E-state index is 0.0383. The molecule has 0 unspecified atom stereocenters. The number of fused-ring (bicyclic) bond motifs is 1. The van der Waals surface area contributed by atoms with E-state index in [1.54, 1.807) is 18.2 Å². The molecule has 1 fully saturated rings. The van der Waals surface area contributed by atoms with Gasteiger partial charge in [-0.05, 0) is 36.5 Å². The van der Waals surface area contributed by atoms with Crippen LogP contribution in [0.3, 0.4) is 0 Å². The zero-order valence-electron chi connectivity index (χ0n) is 17.5. The molecule has 9 nitrogen and oxygen atoms in total. The molecule has 1 aliphatic carbocycles. The summed E-state index contributed by atoms with van der Waals surface area (Å²) in [5.41, 5.74) is 1.42. The monoisotopic (exact) mass is 437 g/mol. The lowest BCUT2D eigenvalue weighted by Crippen LogP contribution is -2.20. The number of methoxy groups -OCH3 is 1. The molecule has 3 aromatic rings. The van der Waals surface area contributed by atoms with E-state index in [1.807, 2.05) is 10.9 Å². The Morgan fingerprint density at radius 3 is 2.78 bits per heavy atom. The summed E-state index contributed by atoms with van der Waals surface area (Å²) in [6, 6.07) is 7.83. The second-order valence-corrected chi connectivity index (χ2v) is 8.14. The first-order valence-corrected chi connectivity index (χ1v) is 10.5. The Hall–Kier alpha value is -3.75. The van der Waals surface area contributed by atoms with Crippen LogP contribution in [0.15, 0.2) is 36.5 Å². The summed E-state index contributed by atoms with van der Waals surface area (Å²) < 4.78 is 18.7. The van der Waals surface area contributed by atoms with Gasteiger partial charge in [0.05, 0.1) is 19.7 Å². The Morgan fingerprint density at radius 2 is 2.03 bits per heavy atom. The topological polar surface area (TPSA) is 116 Å². The first kappa shape index (κ1) is 20.2. The lowest BCUT2D eigenvalue weighted by atomic mass is 9.95. The molecule has 2 aliphatic rings. The maximum Gasteiger partial charge on any atom is 0.174 e. The second kappa shape index (κ2) is 8.07. The van der Waals surface area contributed by atoms with Crippen molar-refractivity contribution in [1.29, 1.82) is 0 Å². The number of aromatic hydroxyl groups is 2. The molecule has 166 valence electrons. The number of ether oxygens (including phenoxy) is 3. The number of hydrogen-bond acceptors (Lipinski definition) is 8. The van der Waals surface area contributed by atoms with E-state index in [-0.39, 0.29) is 41.6 Å². The van der Waals surface area contributed by atoms with Crippen LogP contribution in [0.25, 0.3) is 0 Å².